The lowest BCUT2D eigenvalue weighted by atomic mass is 9.95. The van der Waals surface area contributed by atoms with Crippen molar-refractivity contribution in [3.63, 3.8) is 0 Å². The summed E-state index contributed by atoms with van der Waals surface area (Å²) in [4.78, 5) is 2.51. The van der Waals surface area contributed by atoms with Crippen molar-refractivity contribution >= 4 is 5.69 Å². The Kier molecular flexibility index (Phi) is 2.48. The highest BCUT2D eigenvalue weighted by molar-refractivity contribution is 5.60. The molecule has 1 saturated heterocycles. The number of nitrogens with one attached hydrogen (secondary N) is 1. The molecule has 1 unspecified atom stereocenters. The second kappa shape index (κ2) is 3.98. The number of rotatable bonds is 1. The molecule has 0 spiro atoms. The normalized spacial score (nSPS) is 25.1. The van der Waals surface area contributed by atoms with Gasteiger partial charge in [-0.2, -0.15) is 0 Å². The first-order valence-corrected chi connectivity index (χ1v) is 6.16. The van der Waals surface area contributed by atoms with E-state index in [-0.39, 0.29) is 0 Å². The van der Waals surface area contributed by atoms with Gasteiger partial charge in [0.25, 0.3) is 0 Å². The van der Waals surface area contributed by atoms with Crippen LogP contribution in [0.4, 0.5) is 5.69 Å². The lowest BCUT2D eigenvalue weighted by Crippen LogP contribution is -2.31. The highest BCUT2D eigenvalue weighted by atomic mass is 16.3. The summed E-state index contributed by atoms with van der Waals surface area (Å²) < 4.78 is 0. The number of hydrogen-bond donors (Lipinski definition) is 2. The van der Waals surface area contributed by atoms with E-state index in [0.29, 0.717) is 11.8 Å². The maximum absolute atomic E-state index is 10.0. The zero-order chi connectivity index (χ0) is 11.0. The number of nitrogens with zero attached hydrogens (tertiary/aromatic N) is 1. The number of fused-ring (bicyclic) bond motifs is 1. The van der Waals surface area contributed by atoms with Crippen LogP contribution in [0.25, 0.3) is 0 Å². The van der Waals surface area contributed by atoms with Crippen molar-refractivity contribution in [2.45, 2.75) is 25.3 Å². The van der Waals surface area contributed by atoms with E-state index < -0.39 is 0 Å². The van der Waals surface area contributed by atoms with Crippen molar-refractivity contribution in [1.82, 2.24) is 4.90 Å². The second-order valence-corrected chi connectivity index (χ2v) is 4.71. The van der Waals surface area contributed by atoms with Crippen molar-refractivity contribution in [2.75, 3.05) is 25.0 Å². The highest BCUT2D eigenvalue weighted by Gasteiger charge is 2.29. The van der Waals surface area contributed by atoms with Crippen LogP contribution in [0, 0.1) is 0 Å². The van der Waals surface area contributed by atoms with Crippen LogP contribution in [-0.4, -0.2) is 29.6 Å². The molecule has 0 amide bonds. The number of anilines is 1. The Balaban J connectivity index is 1.98. The minimum atomic E-state index is 0.417. The summed E-state index contributed by atoms with van der Waals surface area (Å²) in [6, 6.07) is 6.19. The van der Waals surface area contributed by atoms with E-state index in [9.17, 15) is 5.11 Å². The van der Waals surface area contributed by atoms with Crippen LogP contribution in [0.1, 0.15) is 30.9 Å². The Bertz CT molecular complexity index is 386. The Morgan fingerprint density at radius 3 is 2.88 bits per heavy atom. The topological polar surface area (TPSA) is 35.5 Å². The molecular formula is C13H18N2O. The Labute approximate surface area is 96.1 Å². The van der Waals surface area contributed by atoms with Crippen molar-refractivity contribution in [3.8, 4) is 5.75 Å². The predicted molar refractivity (Wildman–Crippen MR) is 64.8 cm³/mol. The third kappa shape index (κ3) is 1.55. The predicted octanol–water partition coefficient (Wildman–Crippen LogP) is 2.34. The molecule has 16 heavy (non-hydrogen) atoms. The molecule has 1 aromatic carbocycles. The second-order valence-electron chi connectivity index (χ2n) is 4.71. The lowest BCUT2D eigenvalue weighted by molar-refractivity contribution is 0.229. The largest absolute Gasteiger partial charge is 0.508 e. The SMILES string of the molecule is Oc1cccc2c1C(N1CCCC1)CCN2. The highest BCUT2D eigenvalue weighted by Crippen LogP contribution is 2.40. The summed E-state index contributed by atoms with van der Waals surface area (Å²) in [6.07, 6.45) is 3.70. The number of phenols is 1. The van der Waals surface area contributed by atoms with Gasteiger partial charge in [-0.15, -0.1) is 0 Å². The minimum absolute atomic E-state index is 0.417. The maximum atomic E-state index is 10.0. The minimum Gasteiger partial charge on any atom is -0.508 e. The van der Waals surface area contributed by atoms with Crippen LogP contribution in [0.5, 0.6) is 5.75 Å². The molecule has 86 valence electrons. The van der Waals surface area contributed by atoms with Gasteiger partial charge in [-0.05, 0) is 44.5 Å². The van der Waals surface area contributed by atoms with Gasteiger partial charge in [0.2, 0.25) is 0 Å². The summed E-state index contributed by atoms with van der Waals surface area (Å²) in [5.74, 6) is 0.446. The Morgan fingerprint density at radius 2 is 2.06 bits per heavy atom. The average Bonchev–Trinajstić information content (AvgIpc) is 2.82. The molecule has 2 N–H and O–H groups in total. The number of hydrogen-bond acceptors (Lipinski definition) is 3. The van der Waals surface area contributed by atoms with Gasteiger partial charge < -0.3 is 10.4 Å². The fraction of sp³-hybridized carbons (Fsp3) is 0.538. The third-order valence-electron chi connectivity index (χ3n) is 3.73. The zero-order valence-corrected chi connectivity index (χ0v) is 9.45. The van der Waals surface area contributed by atoms with E-state index in [1.54, 1.807) is 6.07 Å². The maximum Gasteiger partial charge on any atom is 0.122 e. The fourth-order valence-electron chi connectivity index (χ4n) is 2.96. The first kappa shape index (κ1) is 9.97. The summed E-state index contributed by atoms with van der Waals surface area (Å²) in [7, 11) is 0. The third-order valence-corrected chi connectivity index (χ3v) is 3.73. The molecule has 1 aromatic rings. The van der Waals surface area contributed by atoms with E-state index in [0.717, 1.165) is 24.2 Å². The molecule has 0 aliphatic carbocycles. The Hall–Kier alpha value is -1.22. The van der Waals surface area contributed by atoms with Crippen LogP contribution in [-0.2, 0) is 0 Å². The average molecular weight is 218 g/mol. The van der Waals surface area contributed by atoms with Gasteiger partial charge in [0.15, 0.2) is 0 Å². The molecule has 0 bridgehead atoms. The van der Waals surface area contributed by atoms with E-state index in [1.165, 1.54) is 25.9 Å². The quantitative estimate of drug-likeness (QED) is 0.759. The van der Waals surface area contributed by atoms with E-state index in [2.05, 4.69) is 16.3 Å². The van der Waals surface area contributed by atoms with Gasteiger partial charge in [-0.3, -0.25) is 4.90 Å². The molecule has 0 saturated carbocycles. The van der Waals surface area contributed by atoms with Gasteiger partial charge >= 0.3 is 0 Å². The molecule has 0 aromatic heterocycles. The molecule has 3 rings (SSSR count). The fourth-order valence-corrected chi connectivity index (χ4v) is 2.96. The molecule has 2 heterocycles. The number of benzene rings is 1. The molecule has 1 atom stereocenters. The molecule has 1 fully saturated rings. The zero-order valence-electron chi connectivity index (χ0n) is 9.45. The van der Waals surface area contributed by atoms with Gasteiger partial charge in [0.05, 0.1) is 0 Å². The summed E-state index contributed by atoms with van der Waals surface area (Å²) >= 11 is 0. The monoisotopic (exact) mass is 218 g/mol. The molecule has 2 aliphatic rings. The van der Waals surface area contributed by atoms with Gasteiger partial charge in [-0.1, -0.05) is 6.07 Å². The van der Waals surface area contributed by atoms with Crippen molar-refractivity contribution in [3.05, 3.63) is 23.8 Å². The van der Waals surface area contributed by atoms with Gasteiger partial charge in [0.1, 0.15) is 5.75 Å². The number of phenolic OH excluding ortho intramolecular Hbond substituents is 1. The standard InChI is InChI=1S/C13H18N2O/c16-12-5-3-4-10-13(12)11(6-7-14-10)15-8-1-2-9-15/h3-5,11,14,16H,1-2,6-9H2. The number of likely N-dealkylation sites (tertiary alicyclic amines) is 1. The first-order chi connectivity index (χ1) is 7.86. The summed E-state index contributed by atoms with van der Waals surface area (Å²) in [5, 5.41) is 13.4. The smallest absolute Gasteiger partial charge is 0.122 e. The van der Waals surface area contributed by atoms with Crippen LogP contribution >= 0.6 is 0 Å². The van der Waals surface area contributed by atoms with E-state index in [1.807, 2.05) is 6.07 Å². The van der Waals surface area contributed by atoms with Crippen molar-refractivity contribution < 1.29 is 5.11 Å². The molecule has 2 aliphatic heterocycles. The molecule has 3 nitrogen and oxygen atoms in total. The van der Waals surface area contributed by atoms with Gasteiger partial charge in [-0.25, -0.2) is 0 Å². The molecular weight excluding hydrogens is 200 g/mol. The van der Waals surface area contributed by atoms with Crippen LogP contribution in [0.2, 0.25) is 0 Å². The first-order valence-electron chi connectivity index (χ1n) is 6.16. The van der Waals surface area contributed by atoms with Crippen LogP contribution < -0.4 is 5.32 Å². The van der Waals surface area contributed by atoms with Crippen molar-refractivity contribution in [1.29, 1.82) is 0 Å². The van der Waals surface area contributed by atoms with Crippen molar-refractivity contribution in [2.24, 2.45) is 0 Å². The summed E-state index contributed by atoms with van der Waals surface area (Å²) in [6.45, 7) is 3.37. The lowest BCUT2D eigenvalue weighted by Gasteiger charge is -2.34. The van der Waals surface area contributed by atoms with Crippen LogP contribution in [0.15, 0.2) is 18.2 Å². The van der Waals surface area contributed by atoms with Gasteiger partial charge in [0, 0.05) is 23.8 Å². The molecule has 0 radical (unpaired) electrons. The number of aromatic hydroxyl groups is 1. The Morgan fingerprint density at radius 1 is 1.25 bits per heavy atom. The van der Waals surface area contributed by atoms with Crippen LogP contribution in [0.3, 0.4) is 0 Å². The van der Waals surface area contributed by atoms with E-state index >= 15 is 0 Å². The summed E-state index contributed by atoms with van der Waals surface area (Å²) in [5.41, 5.74) is 2.22. The van der Waals surface area contributed by atoms with E-state index in [4.69, 9.17) is 0 Å². The molecule has 3 heteroatoms.